The number of halogens is 2. The average Bonchev–Trinajstić information content (AvgIpc) is 3.04. The minimum absolute atomic E-state index is 0.0951. The lowest BCUT2D eigenvalue weighted by molar-refractivity contribution is -0.130. The van der Waals surface area contributed by atoms with Crippen molar-refractivity contribution in [1.29, 1.82) is 0 Å². The first-order chi connectivity index (χ1) is 15.2. The van der Waals surface area contributed by atoms with Gasteiger partial charge in [0.05, 0.1) is 12.2 Å². The molecule has 166 valence electrons. The first kappa shape index (κ1) is 23.6. The largest absolute Gasteiger partial charge is 0.484 e. The number of benzene rings is 2. The van der Waals surface area contributed by atoms with Crippen molar-refractivity contribution in [1.82, 2.24) is 14.7 Å². The number of rotatable bonds is 8. The number of ether oxygens (including phenoxy) is 1. The van der Waals surface area contributed by atoms with E-state index in [1.165, 1.54) is 11.0 Å². The van der Waals surface area contributed by atoms with Crippen molar-refractivity contribution < 1.29 is 14.3 Å². The molecule has 0 aliphatic heterocycles. The van der Waals surface area contributed by atoms with Crippen molar-refractivity contribution in [3.63, 3.8) is 0 Å². The van der Waals surface area contributed by atoms with Crippen molar-refractivity contribution in [2.75, 3.05) is 20.7 Å². The predicted molar refractivity (Wildman–Crippen MR) is 127 cm³/mol. The molecule has 0 unspecified atom stereocenters. The van der Waals surface area contributed by atoms with Crippen LogP contribution in [-0.4, -0.2) is 47.1 Å². The van der Waals surface area contributed by atoms with Gasteiger partial charge in [0.25, 0.3) is 5.91 Å². The van der Waals surface area contributed by atoms with E-state index in [0.717, 1.165) is 5.56 Å². The summed E-state index contributed by atoms with van der Waals surface area (Å²) in [4.78, 5) is 25.8. The molecule has 0 fully saturated rings. The maximum absolute atomic E-state index is 12.7. The van der Waals surface area contributed by atoms with Gasteiger partial charge in [-0.3, -0.25) is 9.59 Å². The molecular formula is C24H23Cl2N3O3. The molecule has 1 heterocycles. The number of aromatic nitrogens is 2. The van der Waals surface area contributed by atoms with Gasteiger partial charge in [0.15, 0.2) is 12.4 Å². The Balaban J connectivity index is 1.71. The summed E-state index contributed by atoms with van der Waals surface area (Å²) in [5.41, 5.74) is 2.85. The van der Waals surface area contributed by atoms with E-state index in [-0.39, 0.29) is 18.3 Å². The standard InChI is InChI=1S/C24H23Cl2N3O3/c1-16-21(24(26)29(27-16)14-17-7-9-19(25)10-8-17)11-12-22(30)18-5-4-6-20(13-18)32-15-23(31)28(2)3/h4-13H,14-15H2,1-3H3/b12-11+. The van der Waals surface area contributed by atoms with Crippen LogP contribution in [0.2, 0.25) is 10.2 Å². The first-order valence-corrected chi connectivity index (χ1v) is 10.6. The maximum atomic E-state index is 12.7. The van der Waals surface area contributed by atoms with Crippen LogP contribution in [0, 0.1) is 6.92 Å². The highest BCUT2D eigenvalue weighted by Crippen LogP contribution is 2.23. The molecule has 0 aliphatic rings. The van der Waals surface area contributed by atoms with Gasteiger partial charge in [-0.15, -0.1) is 0 Å². The third-order valence-corrected chi connectivity index (χ3v) is 5.39. The zero-order chi connectivity index (χ0) is 23.3. The van der Waals surface area contributed by atoms with Crippen LogP contribution < -0.4 is 4.74 Å². The van der Waals surface area contributed by atoms with E-state index < -0.39 is 0 Å². The molecule has 0 spiro atoms. The lowest BCUT2D eigenvalue weighted by Gasteiger charge is -2.11. The van der Waals surface area contributed by atoms with Crippen molar-refractivity contribution >= 4 is 41.0 Å². The fraction of sp³-hybridized carbons (Fsp3) is 0.208. The molecule has 0 aliphatic carbocycles. The lowest BCUT2D eigenvalue weighted by Crippen LogP contribution is -2.27. The normalized spacial score (nSPS) is 11.0. The third kappa shape index (κ3) is 5.99. The molecule has 0 atom stereocenters. The molecule has 1 amide bonds. The monoisotopic (exact) mass is 471 g/mol. The van der Waals surface area contributed by atoms with Gasteiger partial charge in [0.2, 0.25) is 0 Å². The summed E-state index contributed by atoms with van der Waals surface area (Å²) >= 11 is 12.5. The lowest BCUT2D eigenvalue weighted by atomic mass is 10.1. The Morgan fingerprint density at radius 3 is 2.53 bits per heavy atom. The van der Waals surface area contributed by atoms with Crippen molar-refractivity contribution in [3.05, 3.63) is 87.2 Å². The average molecular weight is 472 g/mol. The van der Waals surface area contributed by atoms with E-state index in [0.29, 0.717) is 39.3 Å². The molecule has 32 heavy (non-hydrogen) atoms. The highest BCUT2D eigenvalue weighted by molar-refractivity contribution is 6.31. The number of ketones is 1. The molecule has 6 nitrogen and oxygen atoms in total. The minimum atomic E-state index is -0.213. The topological polar surface area (TPSA) is 64.4 Å². The number of carbonyl (C=O) groups excluding carboxylic acids is 2. The van der Waals surface area contributed by atoms with E-state index >= 15 is 0 Å². The first-order valence-electron chi connectivity index (χ1n) is 9.87. The number of nitrogens with zero attached hydrogens (tertiary/aromatic N) is 3. The minimum Gasteiger partial charge on any atom is -0.484 e. The van der Waals surface area contributed by atoms with Crippen LogP contribution in [0.4, 0.5) is 0 Å². The number of hydrogen-bond acceptors (Lipinski definition) is 4. The molecule has 8 heteroatoms. The summed E-state index contributed by atoms with van der Waals surface area (Å²) in [6.45, 7) is 2.23. The zero-order valence-corrected chi connectivity index (χ0v) is 19.5. The summed E-state index contributed by atoms with van der Waals surface area (Å²) in [6.07, 6.45) is 3.11. The fourth-order valence-electron chi connectivity index (χ4n) is 2.89. The number of aryl methyl sites for hydroxylation is 1. The second kappa shape index (κ2) is 10.5. The Morgan fingerprint density at radius 1 is 1.12 bits per heavy atom. The molecule has 0 radical (unpaired) electrons. The van der Waals surface area contributed by atoms with Crippen molar-refractivity contribution in [3.8, 4) is 5.75 Å². The predicted octanol–water partition coefficient (Wildman–Crippen LogP) is 4.91. The molecule has 1 aromatic heterocycles. The molecule has 0 saturated heterocycles. The summed E-state index contributed by atoms with van der Waals surface area (Å²) in [5.74, 6) is 0.0714. The van der Waals surface area contributed by atoms with Gasteiger partial charge < -0.3 is 9.64 Å². The van der Waals surface area contributed by atoms with Crippen LogP contribution in [-0.2, 0) is 11.3 Å². The zero-order valence-electron chi connectivity index (χ0n) is 18.0. The van der Waals surface area contributed by atoms with E-state index in [1.54, 1.807) is 49.1 Å². The highest BCUT2D eigenvalue weighted by Gasteiger charge is 2.13. The van der Waals surface area contributed by atoms with Crippen LogP contribution in [0.25, 0.3) is 6.08 Å². The molecule has 3 rings (SSSR count). The number of amides is 1. The third-order valence-electron chi connectivity index (χ3n) is 4.74. The van der Waals surface area contributed by atoms with Crippen LogP contribution in [0.3, 0.4) is 0 Å². The fourth-order valence-corrected chi connectivity index (χ4v) is 3.32. The quantitative estimate of drug-likeness (QED) is 0.345. The van der Waals surface area contributed by atoms with Crippen LogP contribution in [0.5, 0.6) is 5.75 Å². The summed E-state index contributed by atoms with van der Waals surface area (Å²) < 4.78 is 7.16. The van der Waals surface area contributed by atoms with Gasteiger partial charge in [0.1, 0.15) is 10.9 Å². The number of carbonyl (C=O) groups is 2. The smallest absolute Gasteiger partial charge is 0.259 e. The molecular weight excluding hydrogens is 449 g/mol. The number of allylic oxidation sites excluding steroid dienone is 1. The van der Waals surface area contributed by atoms with Crippen molar-refractivity contribution in [2.24, 2.45) is 0 Å². The Kier molecular flexibility index (Phi) is 7.72. The maximum Gasteiger partial charge on any atom is 0.259 e. The van der Waals surface area contributed by atoms with Gasteiger partial charge >= 0.3 is 0 Å². The summed E-state index contributed by atoms with van der Waals surface area (Å²) in [5, 5.41) is 5.59. The molecule has 2 aromatic carbocycles. The SMILES string of the molecule is Cc1nn(Cc2ccc(Cl)cc2)c(Cl)c1/C=C/C(=O)c1cccc(OCC(=O)N(C)C)c1. The van der Waals surface area contributed by atoms with Crippen LogP contribution in [0.15, 0.2) is 54.6 Å². The van der Waals surface area contributed by atoms with Crippen LogP contribution >= 0.6 is 23.2 Å². The second-order valence-corrected chi connectivity index (χ2v) is 8.17. The molecule has 3 aromatic rings. The Hall–Kier alpha value is -3.09. The molecule has 0 saturated carbocycles. The number of likely N-dealkylation sites (N-methyl/N-ethyl adjacent to an activating group) is 1. The van der Waals surface area contributed by atoms with E-state index in [9.17, 15) is 9.59 Å². The summed E-state index contributed by atoms with van der Waals surface area (Å²) in [6, 6.07) is 14.2. The van der Waals surface area contributed by atoms with E-state index in [1.807, 2.05) is 31.2 Å². The van der Waals surface area contributed by atoms with Gasteiger partial charge in [-0.1, -0.05) is 47.5 Å². The van der Waals surface area contributed by atoms with Gasteiger partial charge in [-0.2, -0.15) is 5.10 Å². The Morgan fingerprint density at radius 2 is 1.84 bits per heavy atom. The van der Waals surface area contributed by atoms with Crippen molar-refractivity contribution in [2.45, 2.75) is 13.5 Å². The number of hydrogen-bond donors (Lipinski definition) is 0. The molecule has 0 bridgehead atoms. The van der Waals surface area contributed by atoms with Gasteiger partial charge in [-0.05, 0) is 48.9 Å². The highest BCUT2D eigenvalue weighted by atomic mass is 35.5. The van der Waals surface area contributed by atoms with Gasteiger partial charge in [-0.25, -0.2) is 4.68 Å². The molecule has 0 N–H and O–H groups in total. The summed E-state index contributed by atoms with van der Waals surface area (Å²) in [7, 11) is 3.31. The van der Waals surface area contributed by atoms with Crippen LogP contribution in [0.1, 0.15) is 27.2 Å². The second-order valence-electron chi connectivity index (χ2n) is 7.38. The van der Waals surface area contributed by atoms with Gasteiger partial charge in [0, 0.05) is 30.2 Å². The van der Waals surface area contributed by atoms with E-state index in [4.69, 9.17) is 27.9 Å². The van der Waals surface area contributed by atoms with E-state index in [2.05, 4.69) is 5.10 Å². The Labute approximate surface area is 197 Å². The Bertz CT molecular complexity index is 1150.